The highest BCUT2D eigenvalue weighted by Crippen LogP contribution is 2.53. The number of aliphatic hydroxyl groups excluding tert-OH is 1. The Hall–Kier alpha value is -5.68. The van der Waals surface area contributed by atoms with Gasteiger partial charge in [-0.2, -0.15) is 0 Å². The van der Waals surface area contributed by atoms with Crippen LogP contribution in [0.2, 0.25) is 0 Å². The van der Waals surface area contributed by atoms with Gasteiger partial charge in [0.2, 0.25) is 17.7 Å². The molecule has 4 bridgehead atoms. The van der Waals surface area contributed by atoms with Crippen molar-refractivity contribution in [2.75, 3.05) is 0 Å². The molecule has 346 valence electrons. The molecule has 1 unspecified atom stereocenters. The summed E-state index contributed by atoms with van der Waals surface area (Å²) in [6.07, 6.45) is 5.48. The Labute approximate surface area is 374 Å². The van der Waals surface area contributed by atoms with Gasteiger partial charge in [-0.05, 0) is 100 Å². The number of non-ortho nitro benzene ring substituents is 1. The third kappa shape index (κ3) is 12.3. The fraction of sp³-hybridized carbons (Fsp3) is 0.574. The number of carbonyl (C=O) groups excluding carboxylic acids is 5. The summed E-state index contributed by atoms with van der Waals surface area (Å²) < 4.78 is 5.50. The van der Waals surface area contributed by atoms with Crippen LogP contribution in [0.3, 0.4) is 0 Å². The Bertz CT molecular complexity index is 2060. The van der Waals surface area contributed by atoms with Crippen molar-refractivity contribution in [3.63, 3.8) is 0 Å². The van der Waals surface area contributed by atoms with E-state index in [9.17, 15) is 34.4 Å². The number of nitrogens with one attached hydrogen (secondary N) is 4. The van der Waals surface area contributed by atoms with Crippen LogP contribution in [0.1, 0.15) is 96.4 Å². The summed E-state index contributed by atoms with van der Waals surface area (Å²) in [5, 5.41) is 31.5. The van der Waals surface area contributed by atoms with E-state index in [1.807, 2.05) is 13.0 Å². The Morgan fingerprint density at radius 3 is 2.09 bits per heavy atom. The van der Waals surface area contributed by atoms with Crippen LogP contribution < -0.4 is 21.7 Å². The molecule has 4 fully saturated rings. The molecule has 7 N–H and O–H groups in total. The van der Waals surface area contributed by atoms with Crippen LogP contribution in [0.5, 0.6) is 0 Å². The monoisotopic (exact) mass is 884 g/mol. The molecule has 0 radical (unpaired) electrons. The lowest BCUT2D eigenvalue weighted by atomic mass is 9.54. The van der Waals surface area contributed by atoms with E-state index >= 15 is 4.79 Å². The number of aromatic amines is 1. The molecule has 2 aromatic carbocycles. The summed E-state index contributed by atoms with van der Waals surface area (Å²) in [4.78, 5) is 91.3. The number of nitro groups is 1. The Kier molecular flexibility index (Phi) is 15.6. The van der Waals surface area contributed by atoms with Gasteiger partial charge in [-0.25, -0.2) is 9.78 Å². The number of benzene rings is 2. The summed E-state index contributed by atoms with van der Waals surface area (Å²) in [5.74, 6) is -1.70. The van der Waals surface area contributed by atoms with Crippen LogP contribution in [-0.2, 0) is 43.2 Å². The number of H-pyrrole nitrogens is 1. The van der Waals surface area contributed by atoms with Crippen LogP contribution in [-0.4, -0.2) is 96.5 Å². The molecule has 4 aliphatic rings. The number of hydrogen-bond donors (Lipinski definition) is 6. The minimum atomic E-state index is -1.50. The maximum atomic E-state index is 15.4. The highest BCUT2D eigenvalue weighted by Gasteiger charge is 2.50. The summed E-state index contributed by atoms with van der Waals surface area (Å²) in [6, 6.07) is 9.47. The van der Waals surface area contributed by atoms with Gasteiger partial charge in [0.05, 0.1) is 23.8 Å². The topological polar surface area (TPSA) is 252 Å². The minimum Gasteiger partial charge on any atom is -0.444 e. The fourth-order valence-electron chi connectivity index (χ4n) is 10.0. The normalized spacial score (nSPS) is 22.8. The standard InChI is InChI=1S/C47H64N8O9/c1-6-27(2)42(44(59)53-41-32-17-30-16-31(19-32)20-33(41)18-30)54(40(57)24-39(56)36(48)21-29-12-14-35(15-13-29)55(62)63)45(60)38(23-34-25-49-26-50-34)51-43(58)37(22-28-10-8-7-9-11-28)52-46(61)64-47(3,4)5/h7-15,25-27,30-33,36-39,41-42,56H,6,16-24,48H2,1-5H3,(H,49,50)(H,51,58)(H,52,61)(H,53,59)/t27-,30?,31?,32?,33?,36-,37-,38-,39?,41?,42-/m0/s1. The Morgan fingerprint density at radius 2 is 1.53 bits per heavy atom. The van der Waals surface area contributed by atoms with E-state index in [1.54, 1.807) is 52.0 Å². The largest absolute Gasteiger partial charge is 0.444 e. The van der Waals surface area contributed by atoms with Crippen LogP contribution in [0.25, 0.3) is 0 Å². The SMILES string of the molecule is CC[C@H](C)[C@@H](C(=O)NC1C2CC3CC(C2)CC1C3)N(C(=O)CC(O)[C@@H](N)Cc1ccc([N+](=O)[O-])cc1)C(=O)[C@H](Cc1cnc[nH]1)NC(=O)[C@H](Cc1ccccc1)NC(=O)OC(C)(C)C. The maximum absolute atomic E-state index is 15.4. The van der Waals surface area contributed by atoms with E-state index in [-0.39, 0.29) is 31.0 Å². The van der Waals surface area contributed by atoms with E-state index in [0.29, 0.717) is 46.9 Å². The van der Waals surface area contributed by atoms with Crippen molar-refractivity contribution in [3.8, 4) is 0 Å². The molecule has 0 aliphatic heterocycles. The molecule has 6 atom stereocenters. The van der Waals surface area contributed by atoms with Crippen molar-refractivity contribution in [1.29, 1.82) is 0 Å². The van der Waals surface area contributed by atoms with Crippen molar-refractivity contribution in [3.05, 3.63) is 94.1 Å². The van der Waals surface area contributed by atoms with E-state index in [2.05, 4.69) is 25.9 Å². The number of imide groups is 1. The van der Waals surface area contributed by atoms with Crippen molar-refractivity contribution in [1.82, 2.24) is 30.8 Å². The zero-order valence-electron chi connectivity index (χ0n) is 37.4. The second-order valence-corrected chi connectivity index (χ2v) is 19.2. The molecule has 17 heteroatoms. The third-order valence-electron chi connectivity index (χ3n) is 13.2. The van der Waals surface area contributed by atoms with Crippen molar-refractivity contribution < 1.29 is 38.7 Å². The van der Waals surface area contributed by atoms with Gasteiger partial charge in [0.15, 0.2) is 0 Å². The number of hydrogen-bond acceptors (Lipinski definition) is 11. The highest BCUT2D eigenvalue weighted by molar-refractivity contribution is 6.04. The van der Waals surface area contributed by atoms with E-state index < -0.39 is 82.9 Å². The molecule has 1 aromatic heterocycles. The van der Waals surface area contributed by atoms with Gasteiger partial charge in [0.25, 0.3) is 11.6 Å². The number of rotatable bonds is 19. The molecule has 4 aliphatic carbocycles. The molecule has 1 heterocycles. The van der Waals surface area contributed by atoms with Crippen LogP contribution in [0.15, 0.2) is 67.1 Å². The van der Waals surface area contributed by atoms with E-state index in [0.717, 1.165) is 30.6 Å². The summed E-state index contributed by atoms with van der Waals surface area (Å²) in [7, 11) is 0. The smallest absolute Gasteiger partial charge is 0.408 e. The van der Waals surface area contributed by atoms with E-state index in [1.165, 1.54) is 43.2 Å². The first-order valence-electron chi connectivity index (χ1n) is 22.5. The minimum absolute atomic E-state index is 0.0295. The molecule has 17 nitrogen and oxygen atoms in total. The summed E-state index contributed by atoms with van der Waals surface area (Å²) in [5.41, 5.74) is 7.18. The van der Waals surface area contributed by atoms with Crippen molar-refractivity contribution in [2.24, 2.45) is 35.3 Å². The second-order valence-electron chi connectivity index (χ2n) is 19.2. The van der Waals surface area contributed by atoms with Crippen molar-refractivity contribution in [2.45, 2.75) is 141 Å². The molecular formula is C47H64N8O9. The lowest BCUT2D eigenvalue weighted by Gasteiger charge is -2.54. The van der Waals surface area contributed by atoms with Crippen molar-refractivity contribution >= 4 is 35.4 Å². The Morgan fingerprint density at radius 1 is 0.906 bits per heavy atom. The number of aliphatic hydroxyl groups is 1. The average Bonchev–Trinajstić information content (AvgIpc) is 3.75. The number of imidazole rings is 1. The van der Waals surface area contributed by atoms with Gasteiger partial charge < -0.3 is 36.5 Å². The number of carbonyl (C=O) groups is 5. The van der Waals surface area contributed by atoms with E-state index in [4.69, 9.17) is 10.5 Å². The molecule has 5 amide bonds. The molecule has 4 saturated carbocycles. The zero-order chi connectivity index (χ0) is 46.3. The number of alkyl carbamates (subject to hydrolysis) is 1. The lowest BCUT2D eigenvalue weighted by molar-refractivity contribution is -0.384. The highest BCUT2D eigenvalue weighted by atomic mass is 16.6. The zero-order valence-corrected chi connectivity index (χ0v) is 37.4. The predicted molar refractivity (Wildman–Crippen MR) is 237 cm³/mol. The Balaban J connectivity index is 1.33. The number of nitrogens with zero attached hydrogens (tertiary/aromatic N) is 3. The molecular weight excluding hydrogens is 821 g/mol. The molecule has 3 aromatic rings. The summed E-state index contributed by atoms with van der Waals surface area (Å²) >= 11 is 0. The molecule has 64 heavy (non-hydrogen) atoms. The number of amides is 5. The van der Waals surface area contributed by atoms with Crippen LogP contribution in [0.4, 0.5) is 10.5 Å². The first kappa shape index (κ1) is 47.8. The molecule has 0 saturated heterocycles. The lowest BCUT2D eigenvalue weighted by Crippen LogP contribution is -2.64. The van der Waals surface area contributed by atoms with Gasteiger partial charge in [-0.3, -0.25) is 34.2 Å². The second kappa shape index (κ2) is 20.9. The fourth-order valence-corrected chi connectivity index (χ4v) is 10.0. The first-order chi connectivity index (χ1) is 30.4. The summed E-state index contributed by atoms with van der Waals surface area (Å²) in [6.45, 7) is 8.72. The number of nitro benzene ring substituents is 1. The quantitative estimate of drug-likeness (QED) is 0.0722. The molecule has 7 rings (SSSR count). The van der Waals surface area contributed by atoms with Crippen LogP contribution in [0, 0.1) is 39.7 Å². The van der Waals surface area contributed by atoms with Gasteiger partial charge in [-0.15, -0.1) is 0 Å². The van der Waals surface area contributed by atoms with Crippen LogP contribution >= 0.6 is 0 Å². The number of nitrogens with two attached hydrogens (primary N) is 1. The first-order valence-corrected chi connectivity index (χ1v) is 22.5. The number of ether oxygens (including phenoxy) is 1. The average molecular weight is 885 g/mol. The predicted octanol–water partition coefficient (Wildman–Crippen LogP) is 4.51. The van der Waals surface area contributed by atoms with Gasteiger partial charge >= 0.3 is 6.09 Å². The van der Waals surface area contributed by atoms with Gasteiger partial charge in [0.1, 0.15) is 23.7 Å². The van der Waals surface area contributed by atoms with Gasteiger partial charge in [-0.1, -0.05) is 62.7 Å². The number of aromatic nitrogens is 2. The maximum Gasteiger partial charge on any atom is 0.408 e. The molecule has 0 spiro atoms. The third-order valence-corrected chi connectivity index (χ3v) is 13.2. The van der Waals surface area contributed by atoms with Gasteiger partial charge in [0, 0.05) is 48.9 Å².